The van der Waals surface area contributed by atoms with E-state index < -0.39 is 0 Å². The molecule has 35 heavy (non-hydrogen) atoms. The summed E-state index contributed by atoms with van der Waals surface area (Å²) in [5.41, 5.74) is 4.99. The lowest BCUT2D eigenvalue weighted by molar-refractivity contribution is 0.284. The van der Waals surface area contributed by atoms with Crippen molar-refractivity contribution in [2.45, 2.75) is 57.2 Å². The minimum atomic E-state index is 0.249. The molecule has 2 bridgehead atoms. The average molecular weight is 474 g/mol. The Labute approximate surface area is 207 Å². The van der Waals surface area contributed by atoms with E-state index in [9.17, 15) is 5.11 Å². The number of nitrogens with one attached hydrogen (secondary N) is 1. The van der Waals surface area contributed by atoms with E-state index >= 15 is 0 Å². The van der Waals surface area contributed by atoms with Crippen molar-refractivity contribution in [3.05, 3.63) is 53.2 Å². The van der Waals surface area contributed by atoms with Gasteiger partial charge in [-0.25, -0.2) is 0 Å². The van der Waals surface area contributed by atoms with Gasteiger partial charge in [0.15, 0.2) is 0 Å². The molecule has 0 saturated carbocycles. The van der Waals surface area contributed by atoms with E-state index in [1.54, 1.807) is 7.11 Å². The highest BCUT2D eigenvalue weighted by molar-refractivity contribution is 5.97. The summed E-state index contributed by atoms with van der Waals surface area (Å²) in [6.45, 7) is 3.96. The van der Waals surface area contributed by atoms with E-state index in [0.717, 1.165) is 63.4 Å². The number of unbranched alkanes of at least 4 members (excludes halogenated alkanes) is 1. The maximum absolute atomic E-state index is 9.26. The first-order valence-corrected chi connectivity index (χ1v) is 13.0. The summed E-state index contributed by atoms with van der Waals surface area (Å²) in [7, 11) is 1.66. The molecule has 0 amide bonds. The predicted octanol–water partition coefficient (Wildman–Crippen LogP) is 3.46. The Balaban J connectivity index is 1.34. The Kier molecular flexibility index (Phi) is 6.20. The second kappa shape index (κ2) is 9.63. The fraction of sp³-hybridized carbons (Fsp3) is 0.500. The van der Waals surface area contributed by atoms with Gasteiger partial charge in [-0.3, -0.25) is 0 Å². The van der Waals surface area contributed by atoms with Crippen LogP contribution in [-0.2, 0) is 19.4 Å². The van der Waals surface area contributed by atoms with Gasteiger partial charge in [0, 0.05) is 55.0 Å². The topological polar surface area (TPSA) is 73.8 Å². The molecule has 3 aliphatic heterocycles. The number of fused-ring (bicyclic) bond motifs is 4. The van der Waals surface area contributed by atoms with Crippen molar-refractivity contribution in [3.63, 3.8) is 0 Å². The quantitative estimate of drug-likeness (QED) is 0.509. The number of anilines is 2. The van der Waals surface area contributed by atoms with Gasteiger partial charge in [0.05, 0.1) is 19.3 Å². The second-order valence-electron chi connectivity index (χ2n) is 10.1. The molecule has 3 aliphatic rings. The van der Waals surface area contributed by atoms with E-state index in [4.69, 9.17) is 14.7 Å². The van der Waals surface area contributed by atoms with Crippen LogP contribution in [0.3, 0.4) is 0 Å². The van der Waals surface area contributed by atoms with Crippen LogP contribution in [0.25, 0.3) is 10.8 Å². The number of methoxy groups -OCH3 is 1. The molecule has 2 unspecified atom stereocenters. The maximum Gasteiger partial charge on any atom is 0.318 e. The number of aryl methyl sites for hydroxylation is 1. The molecular formula is C28H35N5O2. The number of benzene rings is 2. The Morgan fingerprint density at radius 2 is 1.83 bits per heavy atom. The van der Waals surface area contributed by atoms with E-state index in [-0.39, 0.29) is 6.61 Å². The lowest BCUT2D eigenvalue weighted by Gasteiger charge is -2.37. The normalized spacial score (nSPS) is 21.4. The predicted molar refractivity (Wildman–Crippen MR) is 139 cm³/mol. The van der Waals surface area contributed by atoms with Gasteiger partial charge in [-0.2, -0.15) is 9.97 Å². The molecule has 0 radical (unpaired) electrons. The highest BCUT2D eigenvalue weighted by Crippen LogP contribution is 2.36. The summed E-state index contributed by atoms with van der Waals surface area (Å²) < 4.78 is 5.56. The van der Waals surface area contributed by atoms with E-state index in [2.05, 4.69) is 51.5 Å². The zero-order chi connectivity index (χ0) is 23.8. The molecule has 2 N–H and O–H groups in total. The standard InChI is InChI=1S/C28H35N5O2/c1-35-28-30-24-18-32(14-13-23(24)27(31-28)33-16-21-11-12-22(17-33)29-21)25-10-5-9-20-8-4-7-19(26(20)25)6-2-3-15-34/h4-5,7-10,21-22,29,34H,2-3,6,11-18H2,1H3. The van der Waals surface area contributed by atoms with Gasteiger partial charge in [-0.1, -0.05) is 30.3 Å². The molecule has 7 nitrogen and oxygen atoms in total. The summed E-state index contributed by atoms with van der Waals surface area (Å²) in [6, 6.07) is 14.8. The number of aliphatic hydroxyl groups excluding tert-OH is 1. The zero-order valence-electron chi connectivity index (χ0n) is 20.5. The molecule has 4 heterocycles. The molecule has 0 aliphatic carbocycles. The van der Waals surface area contributed by atoms with Gasteiger partial charge in [-0.15, -0.1) is 0 Å². The van der Waals surface area contributed by atoms with Crippen molar-refractivity contribution >= 4 is 22.3 Å². The number of hydrogen-bond acceptors (Lipinski definition) is 7. The van der Waals surface area contributed by atoms with Crippen molar-refractivity contribution < 1.29 is 9.84 Å². The number of aromatic nitrogens is 2. The van der Waals surface area contributed by atoms with Crippen LogP contribution in [0.5, 0.6) is 6.01 Å². The minimum absolute atomic E-state index is 0.249. The molecule has 2 atom stereocenters. The third-order valence-electron chi connectivity index (χ3n) is 7.89. The van der Waals surface area contributed by atoms with Crippen LogP contribution in [0.4, 0.5) is 11.5 Å². The molecular weight excluding hydrogens is 438 g/mol. The first-order valence-electron chi connectivity index (χ1n) is 13.0. The molecule has 3 aromatic rings. The van der Waals surface area contributed by atoms with E-state index in [0.29, 0.717) is 18.1 Å². The first-order chi connectivity index (χ1) is 17.2. The Morgan fingerprint density at radius 3 is 2.60 bits per heavy atom. The van der Waals surface area contributed by atoms with Crippen LogP contribution in [0.1, 0.15) is 42.5 Å². The Morgan fingerprint density at radius 1 is 1.03 bits per heavy atom. The number of aliphatic hydroxyl groups is 1. The lowest BCUT2D eigenvalue weighted by atomic mass is 9.96. The summed E-state index contributed by atoms with van der Waals surface area (Å²) >= 11 is 0. The van der Waals surface area contributed by atoms with Crippen molar-refractivity contribution in [2.75, 3.05) is 43.2 Å². The monoisotopic (exact) mass is 473 g/mol. The van der Waals surface area contributed by atoms with Crippen molar-refractivity contribution in [1.82, 2.24) is 15.3 Å². The van der Waals surface area contributed by atoms with Crippen LogP contribution < -0.4 is 19.9 Å². The number of rotatable bonds is 7. The molecule has 2 saturated heterocycles. The van der Waals surface area contributed by atoms with Crippen LogP contribution in [0.2, 0.25) is 0 Å². The van der Waals surface area contributed by atoms with Gasteiger partial charge in [0.2, 0.25) is 0 Å². The Bertz CT molecular complexity index is 1200. The molecule has 1 aromatic heterocycles. The second-order valence-corrected chi connectivity index (χ2v) is 10.1. The highest BCUT2D eigenvalue weighted by Gasteiger charge is 2.35. The smallest absolute Gasteiger partial charge is 0.318 e. The molecule has 184 valence electrons. The molecule has 7 heteroatoms. The fourth-order valence-corrected chi connectivity index (χ4v) is 6.21. The summed E-state index contributed by atoms with van der Waals surface area (Å²) in [6.07, 6.45) is 6.24. The summed E-state index contributed by atoms with van der Waals surface area (Å²) in [4.78, 5) is 14.6. The molecule has 0 spiro atoms. The molecule has 2 fully saturated rings. The minimum Gasteiger partial charge on any atom is -0.467 e. The van der Waals surface area contributed by atoms with Gasteiger partial charge in [-0.05, 0) is 55.5 Å². The molecule has 2 aromatic carbocycles. The van der Waals surface area contributed by atoms with E-state index in [1.165, 1.54) is 40.4 Å². The SMILES string of the molecule is COc1nc2c(c(N3CC4CCC(C3)N4)n1)CCN(c1cccc3cccc(CCCCO)c13)C2. The third kappa shape index (κ3) is 4.32. The number of piperazine rings is 1. The van der Waals surface area contributed by atoms with Gasteiger partial charge in [0.1, 0.15) is 5.82 Å². The first kappa shape index (κ1) is 22.6. The van der Waals surface area contributed by atoms with Crippen LogP contribution in [0, 0.1) is 0 Å². The average Bonchev–Trinajstić information content (AvgIpc) is 3.24. The number of nitrogens with zero attached hydrogens (tertiary/aromatic N) is 4. The van der Waals surface area contributed by atoms with Gasteiger partial charge < -0.3 is 25.0 Å². The van der Waals surface area contributed by atoms with Crippen molar-refractivity contribution in [2.24, 2.45) is 0 Å². The largest absolute Gasteiger partial charge is 0.467 e. The highest BCUT2D eigenvalue weighted by atomic mass is 16.5. The Hall–Kier alpha value is -2.90. The maximum atomic E-state index is 9.26. The van der Waals surface area contributed by atoms with Crippen LogP contribution in [0.15, 0.2) is 36.4 Å². The van der Waals surface area contributed by atoms with Crippen LogP contribution in [-0.4, -0.2) is 60.5 Å². The van der Waals surface area contributed by atoms with E-state index in [1.807, 2.05) is 0 Å². The number of ether oxygens (including phenoxy) is 1. The van der Waals surface area contributed by atoms with Gasteiger partial charge >= 0.3 is 6.01 Å². The van der Waals surface area contributed by atoms with Crippen molar-refractivity contribution in [3.8, 4) is 6.01 Å². The number of hydrogen-bond donors (Lipinski definition) is 2. The zero-order valence-corrected chi connectivity index (χ0v) is 20.5. The summed E-state index contributed by atoms with van der Waals surface area (Å²) in [5, 5.41) is 15.6. The third-order valence-corrected chi connectivity index (χ3v) is 7.89. The molecule has 6 rings (SSSR count). The van der Waals surface area contributed by atoms with Gasteiger partial charge in [0.25, 0.3) is 0 Å². The summed E-state index contributed by atoms with van der Waals surface area (Å²) in [5.74, 6) is 1.08. The van der Waals surface area contributed by atoms with Crippen molar-refractivity contribution in [1.29, 1.82) is 0 Å². The fourth-order valence-electron chi connectivity index (χ4n) is 6.21. The van der Waals surface area contributed by atoms with Crippen LogP contribution >= 0.6 is 0 Å². The lowest BCUT2D eigenvalue weighted by Crippen LogP contribution is -2.52.